The van der Waals surface area contributed by atoms with E-state index in [1.165, 1.54) is 7.11 Å². The Kier molecular flexibility index (Phi) is 6.14. The van der Waals surface area contributed by atoms with Crippen molar-refractivity contribution in [1.29, 1.82) is 0 Å². The number of benzene rings is 1. The fraction of sp³-hybridized carbons (Fsp3) is 0.500. The largest absolute Gasteiger partial charge is 0.468 e. The van der Waals surface area contributed by atoms with Gasteiger partial charge in [-0.3, -0.25) is 14.9 Å². The average molecular weight is 437 g/mol. The Labute approximate surface area is 153 Å². The van der Waals surface area contributed by atoms with E-state index in [9.17, 15) is 23.3 Å². The summed E-state index contributed by atoms with van der Waals surface area (Å²) in [6.45, 7) is 1.60. The summed E-state index contributed by atoms with van der Waals surface area (Å²) in [6, 6.07) is 3.33. The molecule has 2 rings (SSSR count). The zero-order chi connectivity index (χ0) is 18.8. The molecule has 1 aliphatic rings. The van der Waals surface area contributed by atoms with Crippen molar-refractivity contribution in [3.63, 3.8) is 0 Å². The number of sulfonamides is 1. The molecule has 3 atom stereocenters. The number of hydrogen-bond donors (Lipinski definition) is 0. The third-order valence-corrected chi connectivity index (χ3v) is 6.78. The first-order valence-electron chi connectivity index (χ1n) is 7.28. The predicted molar refractivity (Wildman–Crippen MR) is 90.9 cm³/mol. The van der Waals surface area contributed by atoms with Crippen molar-refractivity contribution >= 4 is 37.6 Å². The zero-order valence-corrected chi connectivity index (χ0v) is 15.9. The van der Waals surface area contributed by atoms with Crippen LogP contribution in [0.3, 0.4) is 0 Å². The van der Waals surface area contributed by atoms with E-state index in [4.69, 9.17) is 9.47 Å². The van der Waals surface area contributed by atoms with Crippen molar-refractivity contribution in [2.24, 2.45) is 0 Å². The molecule has 0 bridgehead atoms. The number of alkyl halides is 1. The SMILES string of the molecule is COC(=O)[C@@H]1CO[C@@H](C)[C@H](Br)CN1S(=O)(=O)c1ccc([N+](=O)[O-])cc1. The molecule has 0 unspecified atom stereocenters. The first-order valence-corrected chi connectivity index (χ1v) is 9.64. The maximum atomic E-state index is 13.0. The van der Waals surface area contributed by atoms with Gasteiger partial charge in [-0.25, -0.2) is 8.42 Å². The highest BCUT2D eigenvalue weighted by atomic mass is 79.9. The van der Waals surface area contributed by atoms with E-state index in [0.29, 0.717) is 0 Å². The second-order valence-electron chi connectivity index (χ2n) is 5.42. The van der Waals surface area contributed by atoms with Gasteiger partial charge in [-0.05, 0) is 19.1 Å². The molecule has 11 heteroatoms. The number of methoxy groups -OCH3 is 1. The molecule has 1 aliphatic heterocycles. The molecule has 0 aliphatic carbocycles. The topological polar surface area (TPSA) is 116 Å². The molecule has 1 aromatic rings. The summed E-state index contributed by atoms with van der Waals surface area (Å²) in [5.74, 6) is -0.737. The third kappa shape index (κ3) is 4.17. The Bertz CT molecular complexity index is 753. The zero-order valence-electron chi connectivity index (χ0n) is 13.5. The lowest BCUT2D eigenvalue weighted by Crippen LogP contribution is -2.48. The molecule has 0 amide bonds. The molecule has 9 nitrogen and oxygen atoms in total. The van der Waals surface area contributed by atoms with Gasteiger partial charge in [0.1, 0.15) is 6.04 Å². The standard InChI is InChI=1S/C14H17BrN2O7S/c1-9-12(15)7-16(13(8-24-9)14(18)23-2)25(21,22)11-5-3-10(4-6-11)17(19)20/h3-6,9,12-13H,7-8H2,1-2H3/t9-,12+,13-/m0/s1. The molecule has 0 saturated carbocycles. The monoisotopic (exact) mass is 436 g/mol. The van der Waals surface area contributed by atoms with Crippen molar-refractivity contribution in [2.75, 3.05) is 20.3 Å². The lowest BCUT2D eigenvalue weighted by Gasteiger charge is -2.27. The fourth-order valence-corrected chi connectivity index (χ4v) is 4.59. The Morgan fingerprint density at radius 3 is 2.52 bits per heavy atom. The van der Waals surface area contributed by atoms with Gasteiger partial charge in [-0.1, -0.05) is 15.9 Å². The van der Waals surface area contributed by atoms with Crippen molar-refractivity contribution in [3.05, 3.63) is 34.4 Å². The van der Waals surface area contributed by atoms with Gasteiger partial charge in [0.15, 0.2) is 0 Å². The molecule has 138 valence electrons. The third-order valence-electron chi connectivity index (χ3n) is 3.86. The minimum atomic E-state index is -4.09. The summed E-state index contributed by atoms with van der Waals surface area (Å²) < 4.78 is 37.2. The highest BCUT2D eigenvalue weighted by Gasteiger charge is 2.41. The van der Waals surface area contributed by atoms with E-state index in [1.807, 2.05) is 0 Å². The number of ether oxygens (including phenoxy) is 2. The van der Waals surface area contributed by atoms with Crippen LogP contribution in [0.25, 0.3) is 0 Å². The van der Waals surface area contributed by atoms with E-state index in [1.54, 1.807) is 6.92 Å². The molecule has 0 spiro atoms. The molecule has 1 aromatic carbocycles. The van der Waals surface area contributed by atoms with Gasteiger partial charge in [0.2, 0.25) is 10.0 Å². The molecule has 1 fully saturated rings. The Balaban J connectivity index is 2.44. The Hall–Kier alpha value is -1.56. The maximum Gasteiger partial charge on any atom is 0.326 e. The Morgan fingerprint density at radius 1 is 1.40 bits per heavy atom. The van der Waals surface area contributed by atoms with E-state index >= 15 is 0 Å². The van der Waals surface area contributed by atoms with Crippen LogP contribution < -0.4 is 0 Å². The number of hydrogen-bond acceptors (Lipinski definition) is 7. The minimum Gasteiger partial charge on any atom is -0.468 e. The van der Waals surface area contributed by atoms with Gasteiger partial charge in [-0.15, -0.1) is 0 Å². The fourth-order valence-electron chi connectivity index (χ4n) is 2.34. The predicted octanol–water partition coefficient (Wildman–Crippen LogP) is 1.31. The van der Waals surface area contributed by atoms with Crippen molar-refractivity contribution in [1.82, 2.24) is 4.31 Å². The number of nitro groups is 1. The lowest BCUT2D eigenvalue weighted by atomic mass is 10.3. The molecule has 0 aromatic heterocycles. The van der Waals surface area contributed by atoms with Crippen LogP contribution in [0, 0.1) is 10.1 Å². The Morgan fingerprint density at radius 2 is 2.00 bits per heavy atom. The summed E-state index contributed by atoms with van der Waals surface area (Å²) in [6.07, 6.45) is -0.316. The number of non-ortho nitro benzene ring substituents is 1. The van der Waals surface area contributed by atoms with Crippen molar-refractivity contribution < 1.29 is 27.6 Å². The average Bonchev–Trinajstić information content (AvgIpc) is 2.74. The van der Waals surface area contributed by atoms with Gasteiger partial charge in [0.05, 0.1) is 34.5 Å². The quantitative estimate of drug-likeness (QED) is 0.302. The van der Waals surface area contributed by atoms with Gasteiger partial charge < -0.3 is 9.47 Å². The summed E-state index contributed by atoms with van der Waals surface area (Å²) >= 11 is 3.37. The number of halogens is 1. The van der Waals surface area contributed by atoms with Gasteiger partial charge in [0, 0.05) is 18.7 Å². The highest BCUT2D eigenvalue weighted by molar-refractivity contribution is 9.09. The first kappa shape index (κ1) is 19.8. The van der Waals surface area contributed by atoms with Crippen LogP contribution in [0.15, 0.2) is 29.2 Å². The first-order chi connectivity index (χ1) is 11.7. The lowest BCUT2D eigenvalue weighted by molar-refractivity contribution is -0.384. The van der Waals surface area contributed by atoms with Crippen LogP contribution >= 0.6 is 15.9 Å². The van der Waals surface area contributed by atoms with E-state index < -0.39 is 27.0 Å². The minimum absolute atomic E-state index is 0.0136. The molecular formula is C14H17BrN2O7S. The summed E-state index contributed by atoms with van der Waals surface area (Å²) in [5, 5.41) is 10.7. The van der Waals surface area contributed by atoms with E-state index in [2.05, 4.69) is 15.9 Å². The van der Waals surface area contributed by atoms with Gasteiger partial charge in [-0.2, -0.15) is 4.31 Å². The van der Waals surface area contributed by atoms with E-state index in [-0.39, 0.29) is 34.7 Å². The van der Waals surface area contributed by atoms with Crippen molar-refractivity contribution in [2.45, 2.75) is 28.8 Å². The molecule has 25 heavy (non-hydrogen) atoms. The highest BCUT2D eigenvalue weighted by Crippen LogP contribution is 2.27. The smallest absolute Gasteiger partial charge is 0.326 e. The number of esters is 1. The van der Waals surface area contributed by atoms with E-state index in [0.717, 1.165) is 28.6 Å². The summed E-state index contributed by atoms with van der Waals surface area (Å²) in [4.78, 5) is 21.7. The van der Waals surface area contributed by atoms with Gasteiger partial charge in [0.25, 0.3) is 5.69 Å². The molecule has 0 radical (unpaired) electrons. The maximum absolute atomic E-state index is 13.0. The number of rotatable bonds is 4. The number of carbonyl (C=O) groups is 1. The van der Waals surface area contributed by atoms with Crippen LogP contribution in [0.1, 0.15) is 6.92 Å². The molecule has 1 heterocycles. The molecular weight excluding hydrogens is 420 g/mol. The number of nitro benzene ring substituents is 1. The van der Waals surface area contributed by atoms with Crippen LogP contribution in [-0.2, 0) is 24.3 Å². The number of carbonyl (C=O) groups excluding carboxylic acids is 1. The molecule has 0 N–H and O–H groups in total. The second-order valence-corrected chi connectivity index (χ2v) is 8.49. The van der Waals surface area contributed by atoms with Crippen molar-refractivity contribution in [3.8, 4) is 0 Å². The second kappa shape index (κ2) is 7.77. The van der Waals surface area contributed by atoms with Crippen LogP contribution in [0.2, 0.25) is 0 Å². The normalized spacial score (nSPS) is 25.2. The van der Waals surface area contributed by atoms with Crippen LogP contribution in [-0.4, -0.2) is 60.9 Å². The number of nitrogens with zero attached hydrogens (tertiary/aromatic N) is 2. The van der Waals surface area contributed by atoms with Crippen LogP contribution in [0.5, 0.6) is 0 Å². The van der Waals surface area contributed by atoms with Gasteiger partial charge >= 0.3 is 5.97 Å². The summed E-state index contributed by atoms with van der Waals surface area (Å²) in [7, 11) is -2.92. The summed E-state index contributed by atoms with van der Waals surface area (Å²) in [5.41, 5.74) is -0.227. The van der Waals surface area contributed by atoms with Crippen LogP contribution in [0.4, 0.5) is 5.69 Å². The molecule has 1 saturated heterocycles.